The van der Waals surface area contributed by atoms with E-state index in [1.807, 2.05) is 0 Å². The van der Waals surface area contributed by atoms with Crippen molar-refractivity contribution in [3.05, 3.63) is 29.8 Å². The van der Waals surface area contributed by atoms with Gasteiger partial charge >= 0.3 is 0 Å². The fourth-order valence-corrected chi connectivity index (χ4v) is 2.36. The van der Waals surface area contributed by atoms with Crippen molar-refractivity contribution >= 4 is 28.3 Å². The molecule has 1 amide bonds. The molecule has 1 heterocycles. The number of sulfonamides is 1. The fraction of sp³-hybridized carbons (Fsp3) is 0.364. The van der Waals surface area contributed by atoms with Gasteiger partial charge in [-0.15, -0.1) is 12.4 Å². The molecule has 1 aromatic rings. The number of rotatable bonds is 3. The number of hydrogen-bond acceptors (Lipinski definition) is 4. The van der Waals surface area contributed by atoms with E-state index in [0.29, 0.717) is 5.56 Å². The number of amides is 1. The third-order valence-electron chi connectivity index (χ3n) is 2.84. The molecule has 1 aromatic carbocycles. The Morgan fingerprint density at radius 3 is 2.42 bits per heavy atom. The van der Waals surface area contributed by atoms with Crippen molar-refractivity contribution in [3.8, 4) is 0 Å². The van der Waals surface area contributed by atoms with Gasteiger partial charge in [0.1, 0.15) is 0 Å². The molecule has 1 atom stereocenters. The molecule has 4 N–H and O–H groups in total. The summed E-state index contributed by atoms with van der Waals surface area (Å²) in [5, 5.41) is 11.0. The fourth-order valence-electron chi connectivity index (χ4n) is 1.84. The number of nitrogens with two attached hydrogens (primary N) is 1. The Morgan fingerprint density at radius 2 is 1.95 bits per heavy atom. The standard InChI is InChI=1S/C11H15N3O3S.ClH/c12-18(16,17)10-3-1-8(2-4-10)11(15)14-9-5-6-13-7-9;/h1-4,9,13H,5-7H2,(H,14,15)(H2,12,16,17);1H. The Balaban J connectivity index is 0.00000180. The van der Waals surface area contributed by atoms with Crippen LogP contribution in [0.2, 0.25) is 0 Å². The highest BCUT2D eigenvalue weighted by molar-refractivity contribution is 7.89. The van der Waals surface area contributed by atoms with E-state index in [-0.39, 0.29) is 29.3 Å². The minimum Gasteiger partial charge on any atom is -0.348 e. The molecule has 1 unspecified atom stereocenters. The van der Waals surface area contributed by atoms with E-state index in [4.69, 9.17) is 5.14 Å². The second-order valence-electron chi connectivity index (χ2n) is 4.23. The van der Waals surface area contributed by atoms with Gasteiger partial charge in [-0.25, -0.2) is 13.6 Å². The molecule has 0 spiro atoms. The van der Waals surface area contributed by atoms with Crippen LogP contribution >= 0.6 is 12.4 Å². The van der Waals surface area contributed by atoms with Crippen LogP contribution in [0.25, 0.3) is 0 Å². The Morgan fingerprint density at radius 1 is 1.32 bits per heavy atom. The van der Waals surface area contributed by atoms with Gasteiger partial charge in [0.05, 0.1) is 4.90 Å². The van der Waals surface area contributed by atoms with Crippen molar-refractivity contribution < 1.29 is 13.2 Å². The van der Waals surface area contributed by atoms with Crippen LogP contribution < -0.4 is 15.8 Å². The summed E-state index contributed by atoms with van der Waals surface area (Å²) in [6, 6.07) is 5.71. The van der Waals surface area contributed by atoms with E-state index in [0.717, 1.165) is 19.5 Å². The first-order valence-corrected chi connectivity index (χ1v) is 7.16. The van der Waals surface area contributed by atoms with E-state index < -0.39 is 10.0 Å². The van der Waals surface area contributed by atoms with Gasteiger partial charge in [0.25, 0.3) is 5.91 Å². The van der Waals surface area contributed by atoms with Crippen molar-refractivity contribution in [2.75, 3.05) is 13.1 Å². The van der Waals surface area contributed by atoms with Crippen LogP contribution in [0, 0.1) is 0 Å². The average Bonchev–Trinajstić information content (AvgIpc) is 2.81. The molecular formula is C11H16ClN3O3S. The Hall–Kier alpha value is -1.15. The summed E-state index contributed by atoms with van der Waals surface area (Å²) in [5.41, 5.74) is 0.425. The zero-order chi connectivity index (χ0) is 13.2. The summed E-state index contributed by atoms with van der Waals surface area (Å²) >= 11 is 0. The van der Waals surface area contributed by atoms with Gasteiger partial charge in [-0.05, 0) is 37.2 Å². The molecule has 6 nitrogen and oxygen atoms in total. The summed E-state index contributed by atoms with van der Waals surface area (Å²) in [6.07, 6.45) is 0.904. The summed E-state index contributed by atoms with van der Waals surface area (Å²) in [4.78, 5) is 11.8. The first-order chi connectivity index (χ1) is 8.47. The molecule has 0 aliphatic carbocycles. The molecule has 19 heavy (non-hydrogen) atoms. The number of carbonyl (C=O) groups is 1. The number of carbonyl (C=O) groups excluding carboxylic acids is 1. The van der Waals surface area contributed by atoms with Gasteiger partial charge in [0, 0.05) is 18.2 Å². The Kier molecular flexibility index (Phi) is 5.30. The van der Waals surface area contributed by atoms with Crippen molar-refractivity contribution in [1.29, 1.82) is 0 Å². The summed E-state index contributed by atoms with van der Waals surface area (Å²) in [6.45, 7) is 1.66. The number of halogens is 1. The second kappa shape index (κ2) is 6.33. The maximum atomic E-state index is 11.8. The SMILES string of the molecule is Cl.NS(=O)(=O)c1ccc(C(=O)NC2CCNC2)cc1. The average molecular weight is 306 g/mol. The van der Waals surface area contributed by atoms with Crippen molar-refractivity contribution in [1.82, 2.24) is 10.6 Å². The van der Waals surface area contributed by atoms with Crippen LogP contribution in [0.1, 0.15) is 16.8 Å². The third kappa shape index (κ3) is 4.17. The van der Waals surface area contributed by atoms with Gasteiger partial charge < -0.3 is 10.6 Å². The molecule has 1 aliphatic rings. The second-order valence-corrected chi connectivity index (χ2v) is 5.79. The summed E-state index contributed by atoms with van der Waals surface area (Å²) in [7, 11) is -3.71. The minimum atomic E-state index is -3.71. The topological polar surface area (TPSA) is 101 Å². The highest BCUT2D eigenvalue weighted by Crippen LogP contribution is 2.09. The monoisotopic (exact) mass is 305 g/mol. The molecule has 1 fully saturated rings. The number of primary sulfonamides is 1. The first kappa shape index (κ1) is 15.9. The minimum absolute atomic E-state index is 0. The van der Waals surface area contributed by atoms with E-state index in [1.165, 1.54) is 24.3 Å². The van der Waals surface area contributed by atoms with Crippen LogP contribution in [-0.4, -0.2) is 33.5 Å². The van der Waals surface area contributed by atoms with Crippen LogP contribution in [0.4, 0.5) is 0 Å². The number of nitrogens with one attached hydrogen (secondary N) is 2. The highest BCUT2D eigenvalue weighted by atomic mass is 35.5. The summed E-state index contributed by atoms with van der Waals surface area (Å²) in [5.74, 6) is -0.204. The lowest BCUT2D eigenvalue weighted by Gasteiger charge is -2.11. The molecule has 8 heteroatoms. The van der Waals surface area contributed by atoms with Gasteiger partial charge in [0.15, 0.2) is 0 Å². The first-order valence-electron chi connectivity index (χ1n) is 5.61. The molecule has 0 aromatic heterocycles. The molecular weight excluding hydrogens is 290 g/mol. The maximum absolute atomic E-state index is 11.8. The molecule has 1 saturated heterocycles. The van der Waals surface area contributed by atoms with E-state index in [9.17, 15) is 13.2 Å². The molecule has 0 radical (unpaired) electrons. The normalized spacial score (nSPS) is 18.7. The van der Waals surface area contributed by atoms with Gasteiger partial charge in [-0.3, -0.25) is 4.79 Å². The van der Waals surface area contributed by atoms with Crippen molar-refractivity contribution in [3.63, 3.8) is 0 Å². The third-order valence-corrected chi connectivity index (χ3v) is 3.77. The molecule has 0 saturated carbocycles. The maximum Gasteiger partial charge on any atom is 0.251 e. The van der Waals surface area contributed by atoms with Crippen molar-refractivity contribution in [2.45, 2.75) is 17.4 Å². The van der Waals surface area contributed by atoms with Gasteiger partial charge in [-0.1, -0.05) is 0 Å². The van der Waals surface area contributed by atoms with Gasteiger partial charge in [0.2, 0.25) is 10.0 Å². The van der Waals surface area contributed by atoms with Crippen LogP contribution in [0.5, 0.6) is 0 Å². The lowest BCUT2D eigenvalue weighted by atomic mass is 10.2. The van der Waals surface area contributed by atoms with Crippen LogP contribution in [0.3, 0.4) is 0 Å². The molecule has 0 bridgehead atoms. The Labute approximate surface area is 118 Å². The Bertz CT molecular complexity index is 539. The number of hydrogen-bond donors (Lipinski definition) is 3. The zero-order valence-corrected chi connectivity index (χ0v) is 11.8. The zero-order valence-electron chi connectivity index (χ0n) is 10.1. The lowest BCUT2D eigenvalue weighted by Crippen LogP contribution is -2.36. The highest BCUT2D eigenvalue weighted by Gasteiger charge is 2.17. The predicted molar refractivity (Wildman–Crippen MR) is 73.8 cm³/mol. The predicted octanol–water partition coefficient (Wildman–Crippen LogP) is -0.153. The van der Waals surface area contributed by atoms with E-state index >= 15 is 0 Å². The molecule has 106 valence electrons. The van der Waals surface area contributed by atoms with E-state index in [2.05, 4.69) is 10.6 Å². The van der Waals surface area contributed by atoms with Gasteiger partial charge in [-0.2, -0.15) is 0 Å². The quantitative estimate of drug-likeness (QED) is 0.722. The number of benzene rings is 1. The summed E-state index contributed by atoms with van der Waals surface area (Å²) < 4.78 is 22.1. The van der Waals surface area contributed by atoms with E-state index in [1.54, 1.807) is 0 Å². The smallest absolute Gasteiger partial charge is 0.251 e. The van der Waals surface area contributed by atoms with Crippen LogP contribution in [-0.2, 0) is 10.0 Å². The molecule has 2 rings (SSSR count). The largest absolute Gasteiger partial charge is 0.348 e. The van der Waals surface area contributed by atoms with Crippen molar-refractivity contribution in [2.24, 2.45) is 5.14 Å². The molecule has 1 aliphatic heterocycles. The lowest BCUT2D eigenvalue weighted by molar-refractivity contribution is 0.0940. The van der Waals surface area contributed by atoms with Crippen LogP contribution in [0.15, 0.2) is 29.2 Å².